The molecule has 132 valence electrons. The fourth-order valence-electron chi connectivity index (χ4n) is 2.90. The first-order chi connectivity index (χ1) is 12.1. The van der Waals surface area contributed by atoms with Gasteiger partial charge in [-0.3, -0.25) is 4.98 Å². The van der Waals surface area contributed by atoms with Crippen molar-refractivity contribution in [3.05, 3.63) is 59.9 Å². The van der Waals surface area contributed by atoms with Crippen molar-refractivity contribution >= 4 is 11.7 Å². The summed E-state index contributed by atoms with van der Waals surface area (Å²) in [6.07, 6.45) is 4.28. The summed E-state index contributed by atoms with van der Waals surface area (Å²) in [5.41, 5.74) is 1.60. The van der Waals surface area contributed by atoms with Gasteiger partial charge in [-0.05, 0) is 36.1 Å². The third kappa shape index (κ3) is 4.65. The number of carbonyl (C=O) groups is 1. The molecule has 7 heteroatoms. The molecule has 2 amide bonds. The lowest BCUT2D eigenvalue weighted by Gasteiger charge is -2.19. The van der Waals surface area contributed by atoms with Crippen LogP contribution in [0.2, 0.25) is 0 Å². The Balaban J connectivity index is 1.42. The topological polar surface area (TPSA) is 57.3 Å². The summed E-state index contributed by atoms with van der Waals surface area (Å²) in [5.74, 6) is -1.41. The molecule has 2 heterocycles. The standard InChI is InChI=1S/C18H20F2N4O/c19-16-4-3-15(8-17(16)20)24-7-5-14(12-24)11-23-18(25)22-10-13-2-1-6-21-9-13/h1-4,6,8-9,14H,5,7,10-12H2,(H2,22,23,25)/t14-/m1/s1. The Hall–Kier alpha value is -2.70. The van der Waals surface area contributed by atoms with E-state index in [2.05, 4.69) is 15.6 Å². The summed E-state index contributed by atoms with van der Waals surface area (Å²) in [7, 11) is 0. The first kappa shape index (κ1) is 17.1. The van der Waals surface area contributed by atoms with Gasteiger partial charge in [0.1, 0.15) is 0 Å². The summed E-state index contributed by atoms with van der Waals surface area (Å²) in [4.78, 5) is 17.9. The number of hydrogen-bond donors (Lipinski definition) is 2. The van der Waals surface area contributed by atoms with Crippen LogP contribution in [0.4, 0.5) is 19.3 Å². The van der Waals surface area contributed by atoms with Crippen LogP contribution >= 0.6 is 0 Å². The van der Waals surface area contributed by atoms with Gasteiger partial charge in [-0.1, -0.05) is 6.07 Å². The molecule has 2 aromatic rings. The summed E-state index contributed by atoms with van der Waals surface area (Å²) < 4.78 is 26.4. The number of anilines is 1. The number of pyridine rings is 1. The van der Waals surface area contributed by atoms with Gasteiger partial charge in [-0.25, -0.2) is 13.6 Å². The molecular formula is C18H20F2N4O. The van der Waals surface area contributed by atoms with E-state index in [1.54, 1.807) is 18.5 Å². The molecule has 0 bridgehead atoms. The lowest BCUT2D eigenvalue weighted by molar-refractivity contribution is 0.239. The molecule has 1 saturated heterocycles. The molecule has 1 aromatic heterocycles. The number of rotatable bonds is 5. The quantitative estimate of drug-likeness (QED) is 0.875. The van der Waals surface area contributed by atoms with Crippen molar-refractivity contribution in [2.75, 3.05) is 24.5 Å². The van der Waals surface area contributed by atoms with E-state index in [9.17, 15) is 13.6 Å². The third-order valence-electron chi connectivity index (χ3n) is 4.28. The molecule has 25 heavy (non-hydrogen) atoms. The molecule has 2 N–H and O–H groups in total. The molecule has 1 fully saturated rings. The van der Waals surface area contributed by atoms with Gasteiger partial charge in [0.15, 0.2) is 11.6 Å². The zero-order chi connectivity index (χ0) is 17.6. The minimum Gasteiger partial charge on any atom is -0.371 e. The number of halogens is 2. The number of amides is 2. The van der Waals surface area contributed by atoms with Crippen LogP contribution in [-0.2, 0) is 6.54 Å². The van der Waals surface area contributed by atoms with Crippen molar-refractivity contribution in [1.82, 2.24) is 15.6 Å². The van der Waals surface area contributed by atoms with Gasteiger partial charge in [0.05, 0.1) is 0 Å². The van der Waals surface area contributed by atoms with Gasteiger partial charge < -0.3 is 15.5 Å². The molecule has 5 nitrogen and oxygen atoms in total. The van der Waals surface area contributed by atoms with Gasteiger partial charge in [-0.15, -0.1) is 0 Å². The first-order valence-electron chi connectivity index (χ1n) is 8.22. The zero-order valence-electron chi connectivity index (χ0n) is 13.7. The van der Waals surface area contributed by atoms with E-state index in [4.69, 9.17) is 0 Å². The maximum absolute atomic E-state index is 13.3. The van der Waals surface area contributed by atoms with Crippen LogP contribution < -0.4 is 15.5 Å². The highest BCUT2D eigenvalue weighted by molar-refractivity contribution is 5.73. The summed E-state index contributed by atoms with van der Waals surface area (Å²) in [5, 5.41) is 5.64. The van der Waals surface area contributed by atoms with Crippen molar-refractivity contribution in [2.24, 2.45) is 5.92 Å². The fraction of sp³-hybridized carbons (Fsp3) is 0.333. The molecule has 1 aliphatic heterocycles. The smallest absolute Gasteiger partial charge is 0.315 e. The average Bonchev–Trinajstić information content (AvgIpc) is 3.10. The van der Waals surface area contributed by atoms with Crippen LogP contribution in [0, 0.1) is 17.6 Å². The number of aromatic nitrogens is 1. The summed E-state index contributed by atoms with van der Waals surface area (Å²) in [6.45, 7) is 2.42. The minimum absolute atomic E-state index is 0.227. The van der Waals surface area contributed by atoms with E-state index in [1.807, 2.05) is 17.0 Å². The maximum Gasteiger partial charge on any atom is 0.315 e. The lowest BCUT2D eigenvalue weighted by atomic mass is 10.1. The highest BCUT2D eigenvalue weighted by Gasteiger charge is 2.23. The van der Waals surface area contributed by atoms with Gasteiger partial charge >= 0.3 is 6.03 Å². The number of benzene rings is 1. The van der Waals surface area contributed by atoms with E-state index in [-0.39, 0.29) is 11.9 Å². The molecule has 0 spiro atoms. The third-order valence-corrected chi connectivity index (χ3v) is 4.28. The number of nitrogens with zero attached hydrogens (tertiary/aromatic N) is 2. The second-order valence-corrected chi connectivity index (χ2v) is 6.12. The average molecular weight is 346 g/mol. The molecule has 0 radical (unpaired) electrons. The van der Waals surface area contributed by atoms with Crippen molar-refractivity contribution in [2.45, 2.75) is 13.0 Å². The van der Waals surface area contributed by atoms with Crippen molar-refractivity contribution in [1.29, 1.82) is 0 Å². The molecule has 0 aliphatic carbocycles. The molecule has 3 rings (SSSR count). The minimum atomic E-state index is -0.841. The Labute approximate surface area is 145 Å². The van der Waals surface area contributed by atoms with E-state index < -0.39 is 11.6 Å². The van der Waals surface area contributed by atoms with Crippen LogP contribution in [-0.4, -0.2) is 30.6 Å². The number of urea groups is 1. The predicted octanol–water partition coefficient (Wildman–Crippen LogP) is 2.69. The van der Waals surface area contributed by atoms with Crippen molar-refractivity contribution in [3.63, 3.8) is 0 Å². The second kappa shape index (κ2) is 7.92. The number of carbonyl (C=O) groups excluding carboxylic acids is 1. The second-order valence-electron chi connectivity index (χ2n) is 6.12. The van der Waals surface area contributed by atoms with Crippen LogP contribution in [0.3, 0.4) is 0 Å². The predicted molar refractivity (Wildman–Crippen MR) is 91.2 cm³/mol. The normalized spacial score (nSPS) is 16.7. The van der Waals surface area contributed by atoms with Crippen LogP contribution in [0.5, 0.6) is 0 Å². The molecule has 1 aromatic carbocycles. The summed E-state index contributed by atoms with van der Waals surface area (Å²) in [6, 6.07) is 7.42. The largest absolute Gasteiger partial charge is 0.371 e. The Morgan fingerprint density at radius 1 is 1.24 bits per heavy atom. The van der Waals surface area contributed by atoms with Crippen LogP contribution in [0.25, 0.3) is 0 Å². The monoisotopic (exact) mass is 346 g/mol. The molecule has 0 unspecified atom stereocenters. The van der Waals surface area contributed by atoms with Gasteiger partial charge in [0.2, 0.25) is 0 Å². The van der Waals surface area contributed by atoms with Crippen LogP contribution in [0.15, 0.2) is 42.7 Å². The summed E-state index contributed by atoms with van der Waals surface area (Å²) >= 11 is 0. The Morgan fingerprint density at radius 2 is 2.12 bits per heavy atom. The molecular weight excluding hydrogens is 326 g/mol. The van der Waals surface area contributed by atoms with Crippen molar-refractivity contribution < 1.29 is 13.6 Å². The first-order valence-corrected chi connectivity index (χ1v) is 8.22. The SMILES string of the molecule is O=C(NCc1cccnc1)NC[C@H]1CCN(c2ccc(F)c(F)c2)C1. The van der Waals surface area contributed by atoms with Gasteiger partial charge in [0.25, 0.3) is 0 Å². The van der Waals surface area contributed by atoms with Gasteiger partial charge in [0, 0.05) is 50.3 Å². The highest BCUT2D eigenvalue weighted by atomic mass is 19.2. The Morgan fingerprint density at radius 3 is 2.88 bits per heavy atom. The molecule has 0 saturated carbocycles. The number of hydrogen-bond acceptors (Lipinski definition) is 3. The van der Waals surface area contributed by atoms with E-state index in [0.717, 1.165) is 24.6 Å². The van der Waals surface area contributed by atoms with E-state index >= 15 is 0 Å². The van der Waals surface area contributed by atoms with E-state index in [1.165, 1.54) is 6.07 Å². The van der Waals surface area contributed by atoms with Gasteiger partial charge in [-0.2, -0.15) is 0 Å². The lowest BCUT2D eigenvalue weighted by Crippen LogP contribution is -2.38. The molecule has 1 aliphatic rings. The maximum atomic E-state index is 13.3. The number of nitrogens with one attached hydrogen (secondary N) is 2. The molecule has 1 atom stereocenters. The van der Waals surface area contributed by atoms with Crippen LogP contribution in [0.1, 0.15) is 12.0 Å². The highest BCUT2D eigenvalue weighted by Crippen LogP contribution is 2.24. The zero-order valence-corrected chi connectivity index (χ0v) is 13.7. The Bertz CT molecular complexity index is 726. The Kier molecular flexibility index (Phi) is 5.42. The van der Waals surface area contributed by atoms with Crippen molar-refractivity contribution in [3.8, 4) is 0 Å². The fourth-order valence-corrected chi connectivity index (χ4v) is 2.90. The van der Waals surface area contributed by atoms with E-state index in [0.29, 0.717) is 25.3 Å².